The van der Waals surface area contributed by atoms with Crippen LogP contribution in [0.2, 0.25) is 0 Å². The fourth-order valence-electron chi connectivity index (χ4n) is 3.52. The second-order valence-electron chi connectivity index (χ2n) is 8.28. The Labute approximate surface area is 220 Å². The number of carbonyl (C=O) groups excluding carboxylic acids is 1. The number of hydrogen-bond donors (Lipinski definition) is 3. The van der Waals surface area contributed by atoms with Gasteiger partial charge in [-0.05, 0) is 70.1 Å². The van der Waals surface area contributed by atoms with E-state index < -0.39 is 21.9 Å². The molecule has 0 aliphatic rings. The monoisotopic (exact) mass is 587 g/mol. The molecule has 2 rings (SSSR count). The van der Waals surface area contributed by atoms with E-state index >= 15 is 0 Å². The van der Waals surface area contributed by atoms with Crippen LogP contribution in [0.15, 0.2) is 33.6 Å². The number of anilines is 1. The zero-order chi connectivity index (χ0) is 26.0. The van der Waals surface area contributed by atoms with Crippen LogP contribution in [0.5, 0.6) is 0 Å². The summed E-state index contributed by atoms with van der Waals surface area (Å²) in [5, 5.41) is 12.0. The Morgan fingerprint density at radius 1 is 1.06 bits per heavy atom. The van der Waals surface area contributed by atoms with Crippen molar-refractivity contribution in [2.45, 2.75) is 57.8 Å². The van der Waals surface area contributed by atoms with Gasteiger partial charge in [0.25, 0.3) is 5.91 Å². The summed E-state index contributed by atoms with van der Waals surface area (Å²) in [4.78, 5) is 27.4. The van der Waals surface area contributed by atoms with Crippen LogP contribution in [0, 0.1) is 6.92 Å². The number of carboxylic acids is 1. The minimum atomic E-state index is -3.77. The molecule has 0 bridgehead atoms. The van der Waals surface area contributed by atoms with E-state index in [0.717, 1.165) is 56.7 Å². The second-order valence-corrected chi connectivity index (χ2v) is 12.2. The van der Waals surface area contributed by atoms with Crippen LogP contribution in [0.4, 0.5) is 5.69 Å². The van der Waals surface area contributed by atoms with E-state index in [-0.39, 0.29) is 21.0 Å². The summed E-state index contributed by atoms with van der Waals surface area (Å²) < 4.78 is 29.0. The number of amides is 1. The molecule has 194 valence electrons. The van der Waals surface area contributed by atoms with Gasteiger partial charge in [0.2, 0.25) is 10.0 Å². The maximum Gasteiger partial charge on any atom is 0.337 e. The quantitative estimate of drug-likeness (QED) is 0.242. The van der Waals surface area contributed by atoms with Gasteiger partial charge in [0.15, 0.2) is 0 Å². The third-order valence-electron chi connectivity index (χ3n) is 5.44. The van der Waals surface area contributed by atoms with Crippen molar-refractivity contribution in [2.24, 2.45) is 0 Å². The van der Waals surface area contributed by atoms with E-state index in [4.69, 9.17) is 0 Å². The minimum Gasteiger partial charge on any atom is -0.478 e. The van der Waals surface area contributed by atoms with Crippen LogP contribution in [-0.4, -0.2) is 56.5 Å². The molecule has 8 nitrogen and oxygen atoms in total. The zero-order valence-electron chi connectivity index (χ0n) is 20.4. The molecule has 0 fully saturated rings. The summed E-state index contributed by atoms with van der Waals surface area (Å²) >= 11 is 4.27. The lowest BCUT2D eigenvalue weighted by Crippen LogP contribution is -2.31. The summed E-state index contributed by atoms with van der Waals surface area (Å²) in [7, 11) is -3.77. The molecule has 0 unspecified atom stereocenters. The zero-order valence-corrected chi connectivity index (χ0v) is 23.6. The van der Waals surface area contributed by atoms with Gasteiger partial charge in [0, 0.05) is 15.9 Å². The number of aryl methyl sites for hydroxylation is 1. The number of halogens is 1. The van der Waals surface area contributed by atoms with Crippen molar-refractivity contribution >= 4 is 54.9 Å². The number of carbonyl (C=O) groups is 2. The van der Waals surface area contributed by atoms with E-state index in [2.05, 4.69) is 44.7 Å². The molecule has 0 aliphatic heterocycles. The summed E-state index contributed by atoms with van der Waals surface area (Å²) in [6.45, 7) is 9.16. The first-order valence-electron chi connectivity index (χ1n) is 11.8. The molecule has 2 aromatic rings. The van der Waals surface area contributed by atoms with Crippen LogP contribution in [-0.2, 0) is 10.0 Å². The Hall–Kier alpha value is -1.79. The van der Waals surface area contributed by atoms with Crippen molar-refractivity contribution < 1.29 is 23.1 Å². The van der Waals surface area contributed by atoms with Gasteiger partial charge in [-0.2, -0.15) is 0 Å². The van der Waals surface area contributed by atoms with Crippen LogP contribution in [0.1, 0.15) is 70.9 Å². The van der Waals surface area contributed by atoms with E-state index in [0.29, 0.717) is 22.3 Å². The molecule has 1 aromatic carbocycles. The number of nitrogens with one attached hydrogen (secondary N) is 2. The fourth-order valence-corrected chi connectivity index (χ4v) is 6.44. The van der Waals surface area contributed by atoms with E-state index in [9.17, 15) is 23.1 Å². The predicted octanol–water partition coefficient (Wildman–Crippen LogP) is 5.34. The van der Waals surface area contributed by atoms with Crippen molar-refractivity contribution in [1.29, 1.82) is 0 Å². The van der Waals surface area contributed by atoms with Crippen LogP contribution >= 0.6 is 27.3 Å². The molecule has 0 atom stereocenters. The number of carboxylic acid groups (broad SMARTS) is 1. The second kappa shape index (κ2) is 14.1. The van der Waals surface area contributed by atoms with Gasteiger partial charge in [-0.15, -0.1) is 11.3 Å². The van der Waals surface area contributed by atoms with Crippen LogP contribution in [0.3, 0.4) is 0 Å². The highest BCUT2D eigenvalue weighted by Gasteiger charge is 2.23. The number of benzene rings is 1. The first-order valence-corrected chi connectivity index (χ1v) is 14.8. The third kappa shape index (κ3) is 8.98. The number of sulfonamides is 1. The van der Waals surface area contributed by atoms with Gasteiger partial charge in [0.05, 0.1) is 21.0 Å². The lowest BCUT2D eigenvalue weighted by atomic mass is 10.2. The Morgan fingerprint density at radius 2 is 1.69 bits per heavy atom. The maximum absolute atomic E-state index is 12.9. The Bertz CT molecular complexity index is 1110. The average Bonchev–Trinajstić information content (AvgIpc) is 3.21. The third-order valence-corrected chi connectivity index (χ3v) is 8.70. The first-order chi connectivity index (χ1) is 16.6. The van der Waals surface area contributed by atoms with Gasteiger partial charge in [-0.25, -0.2) is 17.9 Å². The van der Waals surface area contributed by atoms with Crippen molar-refractivity contribution in [3.63, 3.8) is 0 Å². The van der Waals surface area contributed by atoms with Crippen molar-refractivity contribution in [3.05, 3.63) is 44.1 Å². The molecule has 0 saturated heterocycles. The van der Waals surface area contributed by atoms with Crippen LogP contribution in [0.25, 0.3) is 0 Å². The van der Waals surface area contributed by atoms with Crippen molar-refractivity contribution in [3.8, 4) is 0 Å². The van der Waals surface area contributed by atoms with E-state index in [1.807, 2.05) is 0 Å². The molecule has 1 heterocycles. The Kier molecular flexibility index (Phi) is 11.8. The largest absolute Gasteiger partial charge is 0.478 e. The van der Waals surface area contributed by atoms with Gasteiger partial charge < -0.3 is 15.3 Å². The smallest absolute Gasteiger partial charge is 0.337 e. The number of rotatable bonds is 15. The Morgan fingerprint density at radius 3 is 2.29 bits per heavy atom. The molecule has 11 heteroatoms. The number of hydrogen-bond acceptors (Lipinski definition) is 6. The molecule has 35 heavy (non-hydrogen) atoms. The normalized spacial score (nSPS) is 11.7. The highest BCUT2D eigenvalue weighted by atomic mass is 79.9. The van der Waals surface area contributed by atoms with Gasteiger partial charge >= 0.3 is 5.97 Å². The highest BCUT2D eigenvalue weighted by Crippen LogP contribution is 2.28. The van der Waals surface area contributed by atoms with Crippen molar-refractivity contribution in [2.75, 3.05) is 31.5 Å². The fraction of sp³-hybridized carbons (Fsp3) is 0.500. The number of thiophene rings is 1. The van der Waals surface area contributed by atoms with E-state index in [1.165, 1.54) is 18.2 Å². The lowest BCUT2D eigenvalue weighted by Gasteiger charge is -2.21. The van der Waals surface area contributed by atoms with Gasteiger partial charge in [-0.1, -0.05) is 42.6 Å². The molecular weight excluding hydrogens is 554 g/mol. The predicted molar refractivity (Wildman–Crippen MR) is 144 cm³/mol. The summed E-state index contributed by atoms with van der Waals surface area (Å²) in [5.74, 6) is -1.74. The maximum atomic E-state index is 12.9. The van der Waals surface area contributed by atoms with Gasteiger partial charge in [0.1, 0.15) is 0 Å². The molecule has 0 saturated carbocycles. The topological polar surface area (TPSA) is 116 Å². The van der Waals surface area contributed by atoms with Gasteiger partial charge in [-0.3, -0.25) is 4.79 Å². The summed E-state index contributed by atoms with van der Waals surface area (Å²) in [6, 6.07) is 5.83. The van der Waals surface area contributed by atoms with Crippen LogP contribution < -0.4 is 10.0 Å². The van der Waals surface area contributed by atoms with Crippen molar-refractivity contribution in [1.82, 2.24) is 9.62 Å². The average molecular weight is 589 g/mol. The molecule has 1 amide bonds. The lowest BCUT2D eigenvalue weighted by molar-refractivity contribution is 0.0698. The molecule has 1 aromatic heterocycles. The molecule has 0 aliphatic carbocycles. The Balaban J connectivity index is 2.02. The highest BCUT2D eigenvalue weighted by molar-refractivity contribution is 9.10. The number of aromatic carboxylic acids is 1. The minimum absolute atomic E-state index is 0.0655. The molecule has 0 radical (unpaired) electrons. The first kappa shape index (κ1) is 29.4. The molecule has 3 N–H and O–H groups in total. The molecular formula is C24H34BrN3O5S2. The van der Waals surface area contributed by atoms with E-state index in [1.54, 1.807) is 13.0 Å². The SMILES string of the molecule is CCCCN(CCCC)CCCNS(=O)(=O)c1cc(C(=O)Nc2ccc(Br)cc2C(=O)O)sc1C. The standard InChI is InChI=1S/C24H34BrN3O5S2/c1-4-6-12-28(13-7-5-2)14-8-11-26-35(32,33)22-16-21(34-17(22)3)23(29)27-20-10-9-18(25)15-19(20)24(30)31/h9-10,15-16,26H,4-8,11-14H2,1-3H3,(H,27,29)(H,30,31). The summed E-state index contributed by atoms with van der Waals surface area (Å²) in [5.41, 5.74) is 0.0671. The number of nitrogens with zero attached hydrogens (tertiary/aromatic N) is 1. The summed E-state index contributed by atoms with van der Waals surface area (Å²) in [6.07, 6.45) is 5.21. The molecule has 0 spiro atoms. The number of unbranched alkanes of at least 4 members (excludes halogenated alkanes) is 2.